The van der Waals surface area contributed by atoms with E-state index in [4.69, 9.17) is 27.1 Å². The zero-order valence-electron chi connectivity index (χ0n) is 17.5. The van der Waals surface area contributed by atoms with E-state index in [-0.39, 0.29) is 5.56 Å². The number of rotatable bonds is 5. The molecule has 0 spiro atoms. The lowest BCUT2D eigenvalue weighted by Crippen LogP contribution is -2.21. The number of nitrogen functional groups attached to an aromatic ring is 1. The summed E-state index contributed by atoms with van der Waals surface area (Å²) in [6, 6.07) is 20.0. The maximum Gasteiger partial charge on any atom is 0.266 e. The van der Waals surface area contributed by atoms with Crippen molar-refractivity contribution in [3.8, 4) is 11.4 Å². The van der Waals surface area contributed by atoms with Crippen molar-refractivity contribution in [1.82, 2.24) is 19.5 Å². The zero-order valence-corrected chi connectivity index (χ0v) is 19.1. The van der Waals surface area contributed by atoms with Crippen LogP contribution in [0.15, 0.2) is 76.7 Å². The fourth-order valence-corrected chi connectivity index (χ4v) is 4.70. The number of methoxy groups -OCH3 is 1. The van der Waals surface area contributed by atoms with E-state index in [1.807, 2.05) is 42.5 Å². The zero-order chi connectivity index (χ0) is 22.9. The van der Waals surface area contributed by atoms with Gasteiger partial charge in [-0.15, -0.1) is 0 Å². The van der Waals surface area contributed by atoms with Crippen LogP contribution < -0.4 is 16.0 Å². The van der Waals surface area contributed by atoms with Crippen molar-refractivity contribution in [3.63, 3.8) is 0 Å². The van der Waals surface area contributed by atoms with Crippen LogP contribution >= 0.6 is 23.4 Å². The summed E-state index contributed by atoms with van der Waals surface area (Å²) in [6.07, 6.45) is 0. The van der Waals surface area contributed by atoms with Gasteiger partial charge < -0.3 is 10.5 Å². The molecular formula is C24H18ClN5O2S. The molecule has 5 aromatic rings. The molecule has 0 fully saturated rings. The minimum Gasteiger partial charge on any atom is -0.495 e. The van der Waals surface area contributed by atoms with E-state index in [1.54, 1.807) is 35.9 Å². The first-order chi connectivity index (χ1) is 16.0. The van der Waals surface area contributed by atoms with Crippen molar-refractivity contribution < 1.29 is 4.74 Å². The van der Waals surface area contributed by atoms with E-state index < -0.39 is 0 Å². The molecule has 0 amide bonds. The van der Waals surface area contributed by atoms with Crippen molar-refractivity contribution in [2.75, 3.05) is 12.8 Å². The lowest BCUT2D eigenvalue weighted by molar-refractivity contribution is 0.415. The highest BCUT2D eigenvalue weighted by molar-refractivity contribution is 7.98. The van der Waals surface area contributed by atoms with Crippen molar-refractivity contribution in [2.45, 2.75) is 10.9 Å². The van der Waals surface area contributed by atoms with E-state index in [0.717, 1.165) is 10.9 Å². The van der Waals surface area contributed by atoms with Crippen LogP contribution in [-0.4, -0.2) is 26.6 Å². The highest BCUT2D eigenvalue weighted by Crippen LogP contribution is 2.30. The molecule has 0 saturated carbocycles. The maximum absolute atomic E-state index is 13.4. The Morgan fingerprint density at radius 3 is 2.39 bits per heavy atom. The molecule has 33 heavy (non-hydrogen) atoms. The second-order valence-electron chi connectivity index (χ2n) is 7.20. The average molecular weight is 476 g/mol. The monoisotopic (exact) mass is 475 g/mol. The van der Waals surface area contributed by atoms with Crippen LogP contribution in [0.25, 0.3) is 27.5 Å². The number of para-hydroxylation sites is 2. The first kappa shape index (κ1) is 21.2. The molecule has 2 aromatic heterocycles. The van der Waals surface area contributed by atoms with Gasteiger partial charge >= 0.3 is 0 Å². The van der Waals surface area contributed by atoms with Crippen LogP contribution in [0.3, 0.4) is 0 Å². The molecule has 0 saturated heterocycles. The van der Waals surface area contributed by atoms with Crippen molar-refractivity contribution in [3.05, 3.63) is 87.9 Å². The Labute approximate surface area is 198 Å². The number of thioether (sulfide) groups is 1. The summed E-state index contributed by atoms with van der Waals surface area (Å²) in [5.41, 5.74) is 7.91. The third-order valence-electron chi connectivity index (χ3n) is 5.15. The fraction of sp³-hybridized carbons (Fsp3) is 0.0833. The van der Waals surface area contributed by atoms with E-state index >= 15 is 0 Å². The molecule has 2 N–H and O–H groups in total. The first-order valence-corrected chi connectivity index (χ1v) is 11.4. The summed E-state index contributed by atoms with van der Waals surface area (Å²) >= 11 is 7.70. The van der Waals surface area contributed by atoms with Crippen LogP contribution in [0.2, 0.25) is 5.02 Å². The molecule has 0 radical (unpaired) electrons. The topological polar surface area (TPSA) is 95.9 Å². The summed E-state index contributed by atoms with van der Waals surface area (Å²) < 4.78 is 6.79. The number of nitrogens with two attached hydrogens (primary N) is 1. The van der Waals surface area contributed by atoms with Gasteiger partial charge in [0.05, 0.1) is 40.0 Å². The summed E-state index contributed by atoms with van der Waals surface area (Å²) in [4.78, 5) is 27.2. The second-order valence-corrected chi connectivity index (χ2v) is 8.55. The van der Waals surface area contributed by atoms with E-state index in [0.29, 0.717) is 49.9 Å². The Bertz CT molecular complexity index is 1570. The number of ether oxygens (including phenoxy) is 1. The average Bonchev–Trinajstić information content (AvgIpc) is 2.83. The highest BCUT2D eigenvalue weighted by atomic mass is 35.5. The molecule has 7 nitrogen and oxygen atoms in total. The van der Waals surface area contributed by atoms with Gasteiger partial charge in [0.2, 0.25) is 0 Å². The van der Waals surface area contributed by atoms with Crippen molar-refractivity contribution >= 4 is 51.0 Å². The first-order valence-electron chi connectivity index (χ1n) is 10.0. The Kier molecular flexibility index (Phi) is 5.62. The summed E-state index contributed by atoms with van der Waals surface area (Å²) in [5, 5.41) is 2.21. The fourth-order valence-electron chi connectivity index (χ4n) is 3.58. The van der Waals surface area contributed by atoms with Gasteiger partial charge in [-0.25, -0.2) is 15.0 Å². The molecule has 0 atom stereocenters. The summed E-state index contributed by atoms with van der Waals surface area (Å²) in [6.45, 7) is 0. The number of aromatic nitrogens is 4. The Hall–Kier alpha value is -3.62. The molecule has 164 valence electrons. The minimum absolute atomic E-state index is 0.191. The summed E-state index contributed by atoms with van der Waals surface area (Å²) in [7, 11) is 1.54. The van der Waals surface area contributed by atoms with Gasteiger partial charge in [0.25, 0.3) is 5.56 Å². The summed E-state index contributed by atoms with van der Waals surface area (Å²) in [5.74, 6) is 1.88. The van der Waals surface area contributed by atoms with Crippen molar-refractivity contribution in [1.29, 1.82) is 0 Å². The third kappa shape index (κ3) is 3.99. The van der Waals surface area contributed by atoms with E-state index in [1.165, 1.54) is 11.8 Å². The van der Waals surface area contributed by atoms with Crippen LogP contribution in [0.1, 0.15) is 5.82 Å². The predicted molar refractivity (Wildman–Crippen MR) is 132 cm³/mol. The van der Waals surface area contributed by atoms with Crippen LogP contribution in [0.4, 0.5) is 5.82 Å². The maximum atomic E-state index is 13.4. The largest absolute Gasteiger partial charge is 0.495 e. The van der Waals surface area contributed by atoms with Gasteiger partial charge in [0, 0.05) is 5.39 Å². The molecule has 0 aliphatic rings. The number of fused-ring (bicyclic) bond motifs is 2. The number of hydrogen-bond acceptors (Lipinski definition) is 7. The smallest absolute Gasteiger partial charge is 0.266 e. The molecular weight excluding hydrogens is 458 g/mol. The lowest BCUT2D eigenvalue weighted by Gasteiger charge is -2.14. The van der Waals surface area contributed by atoms with Crippen molar-refractivity contribution in [2.24, 2.45) is 0 Å². The third-order valence-corrected chi connectivity index (χ3v) is 6.38. The Morgan fingerprint density at radius 2 is 1.67 bits per heavy atom. The van der Waals surface area contributed by atoms with E-state index in [9.17, 15) is 4.79 Å². The number of halogens is 1. The molecule has 5 rings (SSSR count). The van der Waals surface area contributed by atoms with Gasteiger partial charge in [0.15, 0.2) is 5.16 Å². The van der Waals surface area contributed by atoms with Crippen LogP contribution in [-0.2, 0) is 5.75 Å². The van der Waals surface area contributed by atoms with Gasteiger partial charge in [0.1, 0.15) is 17.4 Å². The molecule has 0 bridgehead atoms. The SMILES string of the molecule is COc1ccc(-n2c(SCc3nc(N)c4ccccc4n3)nc3ccccc3c2=O)cc1Cl. The van der Waals surface area contributed by atoms with Gasteiger partial charge in [-0.2, -0.15) is 0 Å². The van der Waals surface area contributed by atoms with Crippen LogP contribution in [0.5, 0.6) is 5.75 Å². The van der Waals surface area contributed by atoms with Gasteiger partial charge in [-0.1, -0.05) is 47.6 Å². The Balaban J connectivity index is 1.61. The molecule has 2 heterocycles. The normalized spacial score (nSPS) is 11.2. The lowest BCUT2D eigenvalue weighted by atomic mass is 10.2. The minimum atomic E-state index is -0.191. The van der Waals surface area contributed by atoms with Gasteiger partial charge in [-0.05, 0) is 42.5 Å². The number of hydrogen-bond donors (Lipinski definition) is 1. The standard InChI is InChI=1S/C24H18ClN5O2S/c1-32-20-11-10-14(12-17(20)25)30-23(31)16-7-3-5-9-19(16)28-24(30)33-13-21-27-18-8-4-2-6-15(18)22(26)29-21/h2-12H,13H2,1H3,(H2,26,27,29). The molecule has 9 heteroatoms. The Morgan fingerprint density at radius 1 is 0.970 bits per heavy atom. The molecule has 3 aromatic carbocycles. The molecule has 0 unspecified atom stereocenters. The number of nitrogens with zero attached hydrogens (tertiary/aromatic N) is 4. The molecule has 0 aliphatic heterocycles. The number of benzene rings is 3. The quantitative estimate of drug-likeness (QED) is 0.286. The number of anilines is 1. The highest BCUT2D eigenvalue weighted by Gasteiger charge is 2.16. The second kappa shape index (κ2) is 8.73. The van der Waals surface area contributed by atoms with Gasteiger partial charge in [-0.3, -0.25) is 9.36 Å². The van der Waals surface area contributed by atoms with E-state index in [2.05, 4.69) is 9.97 Å². The molecule has 0 aliphatic carbocycles. The predicted octanol–water partition coefficient (Wildman–Crippen LogP) is 4.87. The van der Waals surface area contributed by atoms with Crippen LogP contribution in [0, 0.1) is 0 Å².